The minimum atomic E-state index is -4.50. The first-order valence-corrected chi connectivity index (χ1v) is 12.4. The van der Waals surface area contributed by atoms with Crippen molar-refractivity contribution in [3.05, 3.63) is 59.5 Å². The quantitative estimate of drug-likeness (QED) is 0.543. The van der Waals surface area contributed by atoms with Crippen molar-refractivity contribution < 1.29 is 26.4 Å². The van der Waals surface area contributed by atoms with Gasteiger partial charge in [0.2, 0.25) is 15.9 Å². The molecule has 0 unspecified atom stereocenters. The topological polar surface area (TPSA) is 96.7 Å². The Labute approximate surface area is 194 Å². The van der Waals surface area contributed by atoms with Crippen LogP contribution in [0.2, 0.25) is 0 Å². The van der Waals surface area contributed by atoms with Crippen LogP contribution in [0.5, 0.6) is 0 Å². The second-order valence-corrected chi connectivity index (χ2v) is 10.1. The van der Waals surface area contributed by atoms with Gasteiger partial charge in [-0.25, -0.2) is 8.42 Å². The molecule has 1 saturated heterocycles. The maximum Gasteiger partial charge on any atom is 0.417 e. The number of hydrogen-bond donors (Lipinski definition) is 1. The van der Waals surface area contributed by atoms with Crippen molar-refractivity contribution in [1.29, 1.82) is 0 Å². The van der Waals surface area contributed by atoms with Crippen LogP contribution >= 0.6 is 0 Å². The van der Waals surface area contributed by atoms with Crippen LogP contribution in [0.3, 0.4) is 0 Å². The number of nitrogens with zero attached hydrogens (tertiary/aromatic N) is 4. The number of rotatable bonds is 7. The Kier molecular flexibility index (Phi) is 6.89. The van der Waals surface area contributed by atoms with Gasteiger partial charge in [-0.3, -0.25) is 9.20 Å². The standard InChI is InChI=1S/C22H24F3N5O3S/c23-22(24,25)17-7-10-19-27-28-20(30(19)15-17)14-26-21(31)11-6-16-4-8-18(9-5-16)34(32,33)29-12-2-1-3-13-29/h4-5,7-10,15H,1-3,6,11-14H2,(H,26,31). The van der Waals surface area contributed by atoms with E-state index >= 15 is 0 Å². The summed E-state index contributed by atoms with van der Waals surface area (Å²) >= 11 is 0. The number of benzene rings is 1. The fourth-order valence-electron chi connectivity index (χ4n) is 3.83. The van der Waals surface area contributed by atoms with Gasteiger partial charge in [-0.05, 0) is 49.1 Å². The van der Waals surface area contributed by atoms with E-state index < -0.39 is 21.8 Å². The van der Waals surface area contributed by atoms with E-state index in [1.54, 1.807) is 24.3 Å². The van der Waals surface area contributed by atoms with E-state index in [4.69, 9.17) is 0 Å². The van der Waals surface area contributed by atoms with Gasteiger partial charge in [0.05, 0.1) is 17.0 Å². The van der Waals surface area contributed by atoms with Crippen molar-refractivity contribution in [2.45, 2.75) is 49.7 Å². The van der Waals surface area contributed by atoms with Crippen LogP contribution in [0, 0.1) is 0 Å². The van der Waals surface area contributed by atoms with Gasteiger partial charge in [-0.2, -0.15) is 17.5 Å². The van der Waals surface area contributed by atoms with E-state index in [0.717, 1.165) is 37.1 Å². The monoisotopic (exact) mass is 495 g/mol. The van der Waals surface area contributed by atoms with Gasteiger partial charge < -0.3 is 5.32 Å². The summed E-state index contributed by atoms with van der Waals surface area (Å²) in [4.78, 5) is 12.5. The summed E-state index contributed by atoms with van der Waals surface area (Å²) in [6, 6.07) is 8.63. The summed E-state index contributed by atoms with van der Waals surface area (Å²) in [7, 11) is -3.51. The van der Waals surface area contributed by atoms with Crippen molar-refractivity contribution in [1.82, 2.24) is 24.2 Å². The second kappa shape index (κ2) is 9.71. The molecule has 0 aliphatic carbocycles. The summed E-state index contributed by atoms with van der Waals surface area (Å²) in [6.45, 7) is 0.987. The highest BCUT2D eigenvalue weighted by atomic mass is 32.2. The molecule has 34 heavy (non-hydrogen) atoms. The molecule has 1 aromatic carbocycles. The number of sulfonamides is 1. The lowest BCUT2D eigenvalue weighted by molar-refractivity contribution is -0.137. The highest BCUT2D eigenvalue weighted by molar-refractivity contribution is 7.89. The number of amides is 1. The third kappa shape index (κ3) is 5.39. The average molecular weight is 496 g/mol. The number of fused-ring (bicyclic) bond motifs is 1. The number of hydrogen-bond acceptors (Lipinski definition) is 5. The second-order valence-electron chi connectivity index (χ2n) is 8.15. The minimum absolute atomic E-state index is 0.0751. The number of halogens is 3. The van der Waals surface area contributed by atoms with Crippen molar-refractivity contribution in [2.75, 3.05) is 13.1 Å². The third-order valence-corrected chi connectivity index (χ3v) is 7.67. The Morgan fingerprint density at radius 3 is 2.38 bits per heavy atom. The molecule has 1 aliphatic heterocycles. The first-order valence-electron chi connectivity index (χ1n) is 10.9. The number of piperidine rings is 1. The van der Waals surface area contributed by atoms with E-state index in [9.17, 15) is 26.4 Å². The summed E-state index contributed by atoms with van der Waals surface area (Å²) in [6.07, 6.45) is -0.328. The molecule has 4 rings (SSSR count). The van der Waals surface area contributed by atoms with Gasteiger partial charge >= 0.3 is 6.18 Å². The van der Waals surface area contributed by atoms with Gasteiger partial charge in [-0.15, -0.1) is 10.2 Å². The number of nitrogens with one attached hydrogen (secondary N) is 1. The minimum Gasteiger partial charge on any atom is -0.349 e. The number of aryl methyl sites for hydroxylation is 1. The molecule has 0 bridgehead atoms. The lowest BCUT2D eigenvalue weighted by Crippen LogP contribution is -2.35. The normalized spacial score (nSPS) is 15.5. The Morgan fingerprint density at radius 1 is 1.00 bits per heavy atom. The number of pyridine rings is 1. The molecule has 3 heterocycles. The fourth-order valence-corrected chi connectivity index (χ4v) is 5.35. The SMILES string of the molecule is O=C(CCc1ccc(S(=O)(=O)N2CCCCC2)cc1)NCc1nnc2ccc(C(F)(F)F)cn12. The van der Waals surface area contributed by atoms with Crippen LogP contribution in [0.15, 0.2) is 47.5 Å². The first-order chi connectivity index (χ1) is 16.1. The van der Waals surface area contributed by atoms with E-state index in [2.05, 4.69) is 15.5 Å². The smallest absolute Gasteiger partial charge is 0.349 e. The molecule has 3 aromatic rings. The largest absolute Gasteiger partial charge is 0.417 e. The highest BCUT2D eigenvalue weighted by Gasteiger charge is 2.31. The molecule has 0 radical (unpaired) electrons. The maximum atomic E-state index is 13.0. The average Bonchev–Trinajstić information content (AvgIpc) is 3.24. The summed E-state index contributed by atoms with van der Waals surface area (Å²) in [5.74, 6) is -0.129. The number of alkyl halides is 3. The van der Waals surface area contributed by atoms with Crippen LogP contribution in [0.4, 0.5) is 13.2 Å². The maximum absolute atomic E-state index is 13.0. The Morgan fingerprint density at radius 2 is 1.71 bits per heavy atom. The zero-order valence-electron chi connectivity index (χ0n) is 18.3. The molecule has 0 saturated carbocycles. The van der Waals surface area contributed by atoms with Crippen molar-refractivity contribution >= 4 is 21.6 Å². The number of carbonyl (C=O) groups excluding carboxylic acids is 1. The van der Waals surface area contributed by atoms with Gasteiger partial charge in [0, 0.05) is 25.7 Å². The highest BCUT2D eigenvalue weighted by Crippen LogP contribution is 2.29. The molecular formula is C22H24F3N5O3S. The molecule has 8 nitrogen and oxygen atoms in total. The van der Waals surface area contributed by atoms with E-state index in [0.29, 0.717) is 19.5 Å². The summed E-state index contributed by atoms with van der Waals surface area (Å²) < 4.78 is 67.0. The van der Waals surface area contributed by atoms with Crippen LogP contribution < -0.4 is 5.32 Å². The Hall–Kier alpha value is -2.99. The predicted octanol–water partition coefficient (Wildman–Crippen LogP) is 3.17. The van der Waals surface area contributed by atoms with Crippen LogP contribution in [0.25, 0.3) is 5.65 Å². The van der Waals surface area contributed by atoms with Crippen molar-refractivity contribution in [2.24, 2.45) is 0 Å². The molecule has 1 N–H and O–H groups in total. The molecule has 1 amide bonds. The van der Waals surface area contributed by atoms with Crippen LogP contribution in [0.1, 0.15) is 42.6 Å². The molecular weight excluding hydrogens is 471 g/mol. The van der Waals surface area contributed by atoms with Crippen molar-refractivity contribution in [3.8, 4) is 0 Å². The summed E-state index contributed by atoms with van der Waals surface area (Å²) in [5.41, 5.74) is 0.213. The molecule has 2 aromatic heterocycles. The van der Waals surface area contributed by atoms with Gasteiger partial charge in [0.1, 0.15) is 0 Å². The van der Waals surface area contributed by atoms with E-state index in [-0.39, 0.29) is 35.2 Å². The lowest BCUT2D eigenvalue weighted by atomic mass is 10.1. The van der Waals surface area contributed by atoms with Crippen LogP contribution in [-0.2, 0) is 34.0 Å². The number of aromatic nitrogens is 3. The predicted molar refractivity (Wildman–Crippen MR) is 117 cm³/mol. The number of carbonyl (C=O) groups is 1. The van der Waals surface area contributed by atoms with Gasteiger partial charge in [0.25, 0.3) is 0 Å². The zero-order valence-corrected chi connectivity index (χ0v) is 19.1. The van der Waals surface area contributed by atoms with Gasteiger partial charge in [0.15, 0.2) is 11.5 Å². The van der Waals surface area contributed by atoms with E-state index in [1.165, 1.54) is 14.8 Å². The van der Waals surface area contributed by atoms with Crippen LogP contribution in [-0.4, -0.2) is 46.3 Å². The molecule has 1 fully saturated rings. The Balaban J connectivity index is 1.32. The third-order valence-electron chi connectivity index (χ3n) is 5.76. The van der Waals surface area contributed by atoms with E-state index in [1.807, 2.05) is 0 Å². The molecule has 0 spiro atoms. The zero-order chi connectivity index (χ0) is 24.3. The first kappa shape index (κ1) is 24.1. The molecule has 0 atom stereocenters. The molecule has 1 aliphatic rings. The fraction of sp³-hybridized carbons (Fsp3) is 0.409. The molecule has 12 heteroatoms. The molecule has 182 valence electrons. The van der Waals surface area contributed by atoms with Gasteiger partial charge in [-0.1, -0.05) is 18.6 Å². The van der Waals surface area contributed by atoms with Crippen molar-refractivity contribution in [3.63, 3.8) is 0 Å². The lowest BCUT2D eigenvalue weighted by Gasteiger charge is -2.25. The Bertz CT molecular complexity index is 1270. The summed E-state index contributed by atoms with van der Waals surface area (Å²) in [5, 5.41) is 10.3.